The van der Waals surface area contributed by atoms with Gasteiger partial charge in [-0.3, -0.25) is 14.5 Å². The molecule has 1 atom stereocenters. The quantitative estimate of drug-likeness (QED) is 0.281. The highest BCUT2D eigenvalue weighted by Crippen LogP contribution is 2.42. The molecule has 0 aliphatic carbocycles. The molecule has 1 N–H and O–H groups in total. The molecule has 3 aromatic carbocycles. The zero-order chi connectivity index (χ0) is 25.1. The molecular weight excluding hydrogens is 532 g/mol. The fraction of sp³-hybridized carbons (Fsp3) is 0.0800. The fourth-order valence-corrected chi connectivity index (χ4v) is 5.17. The monoisotopic (exact) mass is 545 g/mol. The van der Waals surface area contributed by atoms with Crippen molar-refractivity contribution < 1.29 is 14.0 Å². The molecule has 176 valence electrons. The Kier molecular flexibility index (Phi) is 7.68. The van der Waals surface area contributed by atoms with Gasteiger partial charge in [-0.05, 0) is 72.6 Å². The largest absolute Gasteiger partial charge is 0.321 e. The maximum Gasteiger partial charge on any atom is 0.269 e. The van der Waals surface area contributed by atoms with Crippen LogP contribution in [0.3, 0.4) is 0 Å². The first-order valence-electron chi connectivity index (χ1n) is 10.2. The number of nitrogens with one attached hydrogen (secondary N) is 1. The van der Waals surface area contributed by atoms with Crippen LogP contribution in [0.15, 0.2) is 77.3 Å². The van der Waals surface area contributed by atoms with Crippen molar-refractivity contribution in [2.45, 2.75) is 11.7 Å². The Morgan fingerprint density at radius 2 is 1.71 bits per heavy atom. The number of nitrogens with zero attached hydrogens (tertiary/aromatic N) is 2. The van der Waals surface area contributed by atoms with Crippen LogP contribution in [0.1, 0.15) is 5.56 Å². The lowest BCUT2D eigenvalue weighted by Gasteiger charge is -2.19. The molecule has 5 nitrogen and oxygen atoms in total. The molecule has 0 aromatic heterocycles. The van der Waals surface area contributed by atoms with E-state index in [1.807, 2.05) is 6.07 Å². The summed E-state index contributed by atoms with van der Waals surface area (Å²) < 4.78 is 13.2. The van der Waals surface area contributed by atoms with E-state index in [0.717, 1.165) is 17.3 Å². The average Bonchev–Trinajstić information content (AvgIpc) is 3.14. The number of hydrogen-bond donors (Lipinski definition) is 1. The number of carbonyl (C=O) groups is 2. The molecule has 0 spiro atoms. The van der Waals surface area contributed by atoms with Gasteiger partial charge in [0.1, 0.15) is 22.5 Å². The summed E-state index contributed by atoms with van der Waals surface area (Å²) in [7, 11) is 0. The second-order valence-corrected chi connectivity index (χ2v) is 9.90. The molecule has 10 heteroatoms. The molecule has 35 heavy (non-hydrogen) atoms. The first kappa shape index (κ1) is 25.1. The molecule has 0 saturated carbocycles. The predicted molar refractivity (Wildman–Crippen MR) is 138 cm³/mol. The van der Waals surface area contributed by atoms with Crippen LogP contribution in [0.4, 0.5) is 15.8 Å². The van der Waals surface area contributed by atoms with Crippen molar-refractivity contribution in [3.05, 3.63) is 104 Å². The number of benzene rings is 3. The molecule has 0 bridgehead atoms. The van der Waals surface area contributed by atoms with Crippen LogP contribution in [0.25, 0.3) is 0 Å². The number of hydrogen-bond acceptors (Lipinski definition) is 4. The van der Waals surface area contributed by atoms with E-state index in [1.54, 1.807) is 42.5 Å². The SMILES string of the molecule is N#C/C(C(=O)Nc1ccc(F)cc1)=C1\SC(Cc2ccc(Cl)c(Cl)c2)C(=O)N1c1ccc(Cl)cc1. The average molecular weight is 547 g/mol. The summed E-state index contributed by atoms with van der Waals surface area (Å²) in [4.78, 5) is 27.8. The van der Waals surface area contributed by atoms with Crippen LogP contribution < -0.4 is 10.2 Å². The topological polar surface area (TPSA) is 73.2 Å². The third-order valence-electron chi connectivity index (χ3n) is 5.10. The van der Waals surface area contributed by atoms with Gasteiger partial charge in [0, 0.05) is 16.4 Å². The van der Waals surface area contributed by atoms with Crippen molar-refractivity contribution in [1.29, 1.82) is 5.26 Å². The number of amides is 2. The Morgan fingerprint density at radius 3 is 2.34 bits per heavy atom. The van der Waals surface area contributed by atoms with Crippen molar-refractivity contribution >= 4 is 69.8 Å². The van der Waals surface area contributed by atoms with Crippen molar-refractivity contribution in [2.75, 3.05) is 10.2 Å². The molecule has 4 rings (SSSR count). The van der Waals surface area contributed by atoms with E-state index in [0.29, 0.717) is 32.9 Å². The molecular formula is C25H15Cl3FN3O2S. The third kappa shape index (κ3) is 5.63. The van der Waals surface area contributed by atoms with Gasteiger partial charge in [0.15, 0.2) is 0 Å². The van der Waals surface area contributed by atoms with Crippen molar-refractivity contribution in [1.82, 2.24) is 0 Å². The number of halogens is 4. The fourth-order valence-electron chi connectivity index (χ4n) is 3.42. The summed E-state index contributed by atoms with van der Waals surface area (Å²) in [6.45, 7) is 0. The lowest BCUT2D eigenvalue weighted by atomic mass is 10.1. The van der Waals surface area contributed by atoms with Gasteiger partial charge >= 0.3 is 0 Å². The lowest BCUT2D eigenvalue weighted by molar-refractivity contribution is -0.117. The third-order valence-corrected chi connectivity index (χ3v) is 7.35. The standard InChI is InChI=1S/C25H15Cl3FN3O2S/c26-15-2-8-18(9-3-15)32-24(34)22(12-14-1-10-20(27)21(28)11-14)35-25(32)19(13-30)23(33)31-17-6-4-16(29)5-7-17/h1-11,22H,12H2,(H,31,33)/b25-19+. The van der Waals surface area contributed by atoms with E-state index in [2.05, 4.69) is 5.32 Å². The summed E-state index contributed by atoms with van der Waals surface area (Å²) in [6.07, 6.45) is 0.298. The number of thioether (sulfide) groups is 1. The van der Waals surface area contributed by atoms with Gasteiger partial charge < -0.3 is 5.32 Å². The number of nitriles is 1. The number of carbonyl (C=O) groups excluding carboxylic acids is 2. The van der Waals surface area contributed by atoms with E-state index in [9.17, 15) is 19.2 Å². The van der Waals surface area contributed by atoms with Crippen LogP contribution >= 0.6 is 46.6 Å². The summed E-state index contributed by atoms with van der Waals surface area (Å²) in [6, 6.07) is 18.7. The van der Waals surface area contributed by atoms with Gasteiger partial charge in [-0.25, -0.2) is 4.39 Å². The van der Waals surface area contributed by atoms with Gasteiger partial charge in [-0.15, -0.1) is 0 Å². The Labute approximate surface area is 220 Å². The van der Waals surface area contributed by atoms with E-state index in [-0.39, 0.29) is 16.5 Å². The van der Waals surface area contributed by atoms with E-state index >= 15 is 0 Å². The minimum Gasteiger partial charge on any atom is -0.321 e. The lowest BCUT2D eigenvalue weighted by Crippen LogP contribution is -2.30. The molecule has 2 amide bonds. The van der Waals surface area contributed by atoms with Crippen LogP contribution in [0, 0.1) is 17.1 Å². The maximum absolute atomic E-state index is 13.5. The Balaban J connectivity index is 1.72. The molecule has 1 unspecified atom stereocenters. The molecule has 1 aliphatic rings. The van der Waals surface area contributed by atoms with Crippen LogP contribution in [-0.4, -0.2) is 17.1 Å². The molecule has 3 aromatic rings. The van der Waals surface area contributed by atoms with Crippen molar-refractivity contribution in [2.24, 2.45) is 0 Å². The maximum atomic E-state index is 13.5. The van der Waals surface area contributed by atoms with E-state index in [4.69, 9.17) is 34.8 Å². The Hall–Kier alpha value is -3.02. The highest BCUT2D eigenvalue weighted by molar-refractivity contribution is 8.05. The van der Waals surface area contributed by atoms with E-state index < -0.39 is 17.0 Å². The summed E-state index contributed by atoms with van der Waals surface area (Å²) >= 11 is 19.3. The molecule has 1 aliphatic heterocycles. The zero-order valence-corrected chi connectivity index (χ0v) is 20.9. The molecule has 1 fully saturated rings. The zero-order valence-electron chi connectivity index (χ0n) is 17.8. The van der Waals surface area contributed by atoms with Gasteiger partial charge in [0.2, 0.25) is 5.91 Å². The highest BCUT2D eigenvalue weighted by atomic mass is 35.5. The summed E-state index contributed by atoms with van der Waals surface area (Å²) in [5.74, 6) is -1.48. The minimum absolute atomic E-state index is 0.185. The van der Waals surface area contributed by atoms with Gasteiger partial charge in [-0.2, -0.15) is 5.26 Å². The van der Waals surface area contributed by atoms with Crippen LogP contribution in [-0.2, 0) is 16.0 Å². The number of anilines is 2. The van der Waals surface area contributed by atoms with Gasteiger partial charge in [0.05, 0.1) is 15.3 Å². The minimum atomic E-state index is -0.719. The van der Waals surface area contributed by atoms with Crippen molar-refractivity contribution in [3.63, 3.8) is 0 Å². The van der Waals surface area contributed by atoms with E-state index in [1.165, 1.54) is 29.2 Å². The van der Waals surface area contributed by atoms with Crippen LogP contribution in [0.5, 0.6) is 0 Å². The van der Waals surface area contributed by atoms with Gasteiger partial charge in [-0.1, -0.05) is 52.6 Å². The highest BCUT2D eigenvalue weighted by Gasteiger charge is 2.40. The molecule has 1 saturated heterocycles. The second kappa shape index (κ2) is 10.7. The second-order valence-electron chi connectivity index (χ2n) is 7.46. The predicted octanol–water partition coefficient (Wildman–Crippen LogP) is 6.85. The first-order valence-corrected chi connectivity index (χ1v) is 12.2. The Bertz CT molecular complexity index is 1370. The molecule has 0 radical (unpaired) electrons. The summed E-state index contributed by atoms with van der Waals surface area (Å²) in [5, 5.41) is 13.3. The van der Waals surface area contributed by atoms with Crippen LogP contribution in [0.2, 0.25) is 15.1 Å². The smallest absolute Gasteiger partial charge is 0.269 e. The summed E-state index contributed by atoms with van der Waals surface area (Å²) in [5.41, 5.74) is 1.29. The normalized spacial score (nSPS) is 16.7. The van der Waals surface area contributed by atoms with Gasteiger partial charge in [0.25, 0.3) is 5.91 Å². The molecule has 1 heterocycles. The first-order chi connectivity index (χ1) is 16.8. The van der Waals surface area contributed by atoms with Crippen molar-refractivity contribution in [3.8, 4) is 6.07 Å². The Morgan fingerprint density at radius 1 is 1.03 bits per heavy atom. The number of rotatable bonds is 5.